The lowest BCUT2D eigenvalue weighted by Crippen LogP contribution is -2.07. The summed E-state index contributed by atoms with van der Waals surface area (Å²) in [5.74, 6) is 0.145. The number of hydrogen-bond acceptors (Lipinski definition) is 5. The first-order chi connectivity index (χ1) is 11.8. The summed E-state index contributed by atoms with van der Waals surface area (Å²) < 4.78 is 39.9. The number of nitro benzene ring substituents is 1. The second kappa shape index (κ2) is 6.52. The number of rotatable bonds is 4. The zero-order valence-corrected chi connectivity index (χ0v) is 13.8. The number of fused-ring (bicyclic) bond motifs is 1. The number of pyridine rings is 1. The molecule has 0 radical (unpaired) electrons. The van der Waals surface area contributed by atoms with E-state index in [2.05, 4.69) is 10.2 Å². The van der Waals surface area contributed by atoms with Crippen molar-refractivity contribution in [3.8, 4) is 0 Å². The number of hydrogen-bond donors (Lipinski definition) is 0. The van der Waals surface area contributed by atoms with Gasteiger partial charge < -0.3 is 0 Å². The van der Waals surface area contributed by atoms with E-state index in [1.54, 1.807) is 12.1 Å². The minimum absolute atomic E-state index is 0.0715. The van der Waals surface area contributed by atoms with Crippen LogP contribution in [0.25, 0.3) is 5.65 Å². The van der Waals surface area contributed by atoms with Crippen molar-refractivity contribution in [2.75, 3.05) is 0 Å². The Morgan fingerprint density at radius 1 is 1.28 bits per heavy atom. The number of alkyl halides is 3. The normalized spacial score (nSPS) is 11.8. The van der Waals surface area contributed by atoms with Crippen molar-refractivity contribution in [3.63, 3.8) is 0 Å². The van der Waals surface area contributed by atoms with Gasteiger partial charge in [0.25, 0.3) is 5.69 Å². The Morgan fingerprint density at radius 3 is 2.68 bits per heavy atom. The highest BCUT2D eigenvalue weighted by Gasteiger charge is 2.32. The molecular weight excluding hydrogens is 381 g/mol. The molecule has 11 heteroatoms. The van der Waals surface area contributed by atoms with E-state index in [4.69, 9.17) is 11.6 Å². The second-order valence-corrected chi connectivity index (χ2v) is 6.27. The maximum atomic E-state index is 12.9. The van der Waals surface area contributed by atoms with E-state index in [0.717, 1.165) is 28.4 Å². The molecule has 0 aliphatic carbocycles. The first-order valence-electron chi connectivity index (χ1n) is 6.74. The fraction of sp³-hybridized carbons (Fsp3) is 0.143. The van der Waals surface area contributed by atoms with Gasteiger partial charge in [0.1, 0.15) is 0 Å². The van der Waals surface area contributed by atoms with E-state index in [9.17, 15) is 23.3 Å². The smallest absolute Gasteiger partial charge is 0.276 e. The second-order valence-electron chi connectivity index (χ2n) is 4.93. The maximum Gasteiger partial charge on any atom is 0.417 e. The van der Waals surface area contributed by atoms with Gasteiger partial charge in [0.05, 0.1) is 15.5 Å². The molecule has 130 valence electrons. The predicted octanol–water partition coefficient (Wildman–Crippen LogP) is 4.60. The minimum Gasteiger partial charge on any atom is -0.276 e. The Morgan fingerprint density at radius 2 is 2.00 bits per heavy atom. The zero-order valence-electron chi connectivity index (χ0n) is 12.2. The van der Waals surface area contributed by atoms with Crippen molar-refractivity contribution in [2.24, 2.45) is 0 Å². The molecule has 0 unspecified atom stereocenters. The van der Waals surface area contributed by atoms with Crippen molar-refractivity contribution in [2.45, 2.75) is 17.1 Å². The Bertz CT molecular complexity index is 961. The van der Waals surface area contributed by atoms with Crippen LogP contribution in [0.2, 0.25) is 5.02 Å². The number of para-hydroxylation sites is 1. The summed E-state index contributed by atoms with van der Waals surface area (Å²) in [5, 5.41) is 18.6. The summed E-state index contributed by atoms with van der Waals surface area (Å²) in [7, 11) is 0. The van der Waals surface area contributed by atoms with Crippen molar-refractivity contribution in [3.05, 3.63) is 62.8 Å². The molecule has 0 aliphatic rings. The van der Waals surface area contributed by atoms with Crippen LogP contribution >= 0.6 is 23.4 Å². The lowest BCUT2D eigenvalue weighted by atomic mass is 10.2. The third kappa shape index (κ3) is 3.54. The SMILES string of the molecule is O=[N+]([O-])c1ccccc1CSc1nnc2c(Cl)cc(C(F)(F)F)cn12. The van der Waals surface area contributed by atoms with E-state index in [-0.39, 0.29) is 27.3 Å². The summed E-state index contributed by atoms with van der Waals surface area (Å²) >= 11 is 6.87. The van der Waals surface area contributed by atoms with Crippen molar-refractivity contribution >= 4 is 34.7 Å². The molecule has 0 bridgehead atoms. The lowest BCUT2D eigenvalue weighted by Gasteiger charge is -2.08. The van der Waals surface area contributed by atoms with Gasteiger partial charge in [0.15, 0.2) is 10.8 Å². The predicted molar refractivity (Wildman–Crippen MR) is 85.7 cm³/mol. The third-order valence-corrected chi connectivity index (χ3v) is 4.57. The molecule has 1 aromatic carbocycles. The number of nitrogens with zero attached hydrogens (tertiary/aromatic N) is 4. The van der Waals surface area contributed by atoms with Crippen LogP contribution < -0.4 is 0 Å². The molecule has 0 saturated heterocycles. The van der Waals surface area contributed by atoms with Crippen LogP contribution in [-0.4, -0.2) is 19.5 Å². The molecule has 2 heterocycles. The van der Waals surface area contributed by atoms with Gasteiger partial charge in [-0.3, -0.25) is 14.5 Å². The standard InChI is InChI=1S/C14H8ClF3N4O2S/c15-10-5-9(14(16,17)18)6-21-12(10)19-20-13(21)25-7-8-3-1-2-4-11(8)22(23)24/h1-6H,7H2. The Labute approximate surface area is 147 Å². The van der Waals surface area contributed by atoms with Crippen LogP contribution in [0, 0.1) is 10.1 Å². The van der Waals surface area contributed by atoms with Gasteiger partial charge in [-0.2, -0.15) is 13.2 Å². The first kappa shape index (κ1) is 17.5. The molecule has 0 saturated carbocycles. The number of halogens is 4. The number of benzene rings is 1. The zero-order chi connectivity index (χ0) is 18.2. The van der Waals surface area contributed by atoms with E-state index >= 15 is 0 Å². The van der Waals surface area contributed by atoms with E-state index in [0.29, 0.717) is 5.56 Å². The van der Waals surface area contributed by atoms with Gasteiger partial charge in [-0.1, -0.05) is 41.6 Å². The monoisotopic (exact) mass is 388 g/mol. The Hall–Kier alpha value is -2.33. The molecule has 0 aliphatic heterocycles. The molecule has 3 aromatic rings. The Balaban J connectivity index is 1.95. The topological polar surface area (TPSA) is 73.3 Å². The van der Waals surface area contributed by atoms with Crippen LogP contribution in [0.5, 0.6) is 0 Å². The van der Waals surface area contributed by atoms with Gasteiger partial charge in [-0.15, -0.1) is 10.2 Å². The van der Waals surface area contributed by atoms with Crippen molar-refractivity contribution in [1.82, 2.24) is 14.6 Å². The number of nitro groups is 1. The summed E-state index contributed by atoms with van der Waals surface area (Å²) in [6.45, 7) is 0. The van der Waals surface area contributed by atoms with Gasteiger partial charge in [-0.25, -0.2) is 0 Å². The van der Waals surface area contributed by atoms with Crippen molar-refractivity contribution in [1.29, 1.82) is 0 Å². The van der Waals surface area contributed by atoms with E-state index < -0.39 is 16.7 Å². The van der Waals surface area contributed by atoms with Crippen LogP contribution in [0.1, 0.15) is 11.1 Å². The molecule has 0 spiro atoms. The number of thioether (sulfide) groups is 1. The lowest BCUT2D eigenvalue weighted by molar-refractivity contribution is -0.385. The number of aromatic nitrogens is 3. The average Bonchev–Trinajstić information content (AvgIpc) is 2.96. The maximum absolute atomic E-state index is 12.9. The molecular formula is C14H8ClF3N4O2S. The molecule has 25 heavy (non-hydrogen) atoms. The summed E-state index contributed by atoms with van der Waals surface area (Å²) in [5.41, 5.74) is -0.498. The molecule has 0 N–H and O–H groups in total. The van der Waals surface area contributed by atoms with Crippen LogP contribution in [-0.2, 0) is 11.9 Å². The van der Waals surface area contributed by atoms with Gasteiger partial charge in [0, 0.05) is 23.6 Å². The fourth-order valence-electron chi connectivity index (χ4n) is 2.14. The average molecular weight is 389 g/mol. The fourth-order valence-corrected chi connectivity index (χ4v) is 3.29. The van der Waals surface area contributed by atoms with Crippen LogP contribution in [0.3, 0.4) is 0 Å². The summed E-state index contributed by atoms with van der Waals surface area (Å²) in [6.07, 6.45) is -3.72. The minimum atomic E-state index is -4.57. The highest BCUT2D eigenvalue weighted by Crippen LogP contribution is 2.34. The van der Waals surface area contributed by atoms with E-state index in [1.807, 2.05) is 0 Å². The van der Waals surface area contributed by atoms with Gasteiger partial charge in [0.2, 0.25) is 0 Å². The molecule has 0 fully saturated rings. The molecule has 6 nitrogen and oxygen atoms in total. The van der Waals surface area contributed by atoms with Crippen molar-refractivity contribution < 1.29 is 18.1 Å². The summed E-state index contributed by atoms with van der Waals surface area (Å²) in [4.78, 5) is 10.5. The molecule has 3 rings (SSSR count). The third-order valence-electron chi connectivity index (χ3n) is 3.30. The molecule has 2 aromatic heterocycles. The van der Waals surface area contributed by atoms with Gasteiger partial charge >= 0.3 is 6.18 Å². The van der Waals surface area contributed by atoms with Crippen LogP contribution in [0.4, 0.5) is 18.9 Å². The molecule has 0 amide bonds. The highest BCUT2D eigenvalue weighted by molar-refractivity contribution is 7.98. The van der Waals surface area contributed by atoms with Gasteiger partial charge in [-0.05, 0) is 6.07 Å². The largest absolute Gasteiger partial charge is 0.417 e. The quantitative estimate of drug-likeness (QED) is 0.371. The first-order valence-corrected chi connectivity index (χ1v) is 8.10. The van der Waals surface area contributed by atoms with Crippen LogP contribution in [0.15, 0.2) is 41.7 Å². The summed E-state index contributed by atoms with van der Waals surface area (Å²) in [6, 6.07) is 6.89. The van der Waals surface area contributed by atoms with E-state index in [1.165, 1.54) is 12.1 Å². The highest BCUT2D eigenvalue weighted by atomic mass is 35.5. The Kier molecular flexibility index (Phi) is 4.56. The molecule has 0 atom stereocenters.